The third kappa shape index (κ3) is 3.83. The lowest BCUT2D eigenvalue weighted by Gasteiger charge is -2.25. The van der Waals surface area contributed by atoms with Gasteiger partial charge in [-0.3, -0.25) is 0 Å². The van der Waals surface area contributed by atoms with Crippen molar-refractivity contribution in [1.29, 1.82) is 0 Å². The molecule has 0 bridgehead atoms. The molecule has 112 valence electrons. The van der Waals surface area contributed by atoms with Gasteiger partial charge >= 0.3 is 0 Å². The van der Waals surface area contributed by atoms with E-state index in [-0.39, 0.29) is 0 Å². The molecule has 0 aliphatic carbocycles. The van der Waals surface area contributed by atoms with Gasteiger partial charge in [0.2, 0.25) is 0 Å². The zero-order valence-corrected chi connectivity index (χ0v) is 13.2. The highest BCUT2D eigenvalue weighted by Gasteiger charge is 2.26. The van der Waals surface area contributed by atoms with Crippen LogP contribution >= 0.6 is 0 Å². The Labute approximate surface area is 123 Å². The highest BCUT2D eigenvalue weighted by atomic mass is 16.5. The summed E-state index contributed by atoms with van der Waals surface area (Å²) in [6.07, 6.45) is 3.55. The summed E-state index contributed by atoms with van der Waals surface area (Å²) < 4.78 is 5.58. The Morgan fingerprint density at radius 2 is 1.90 bits per heavy atom. The predicted octanol–water partition coefficient (Wildman–Crippen LogP) is 4.28. The quantitative estimate of drug-likeness (QED) is 0.802. The normalized spacial score (nSPS) is 21.9. The predicted molar refractivity (Wildman–Crippen MR) is 85.1 cm³/mol. The summed E-state index contributed by atoms with van der Waals surface area (Å²) in [5.41, 5.74) is 2.87. The topological polar surface area (TPSA) is 21.3 Å². The third-order valence-electron chi connectivity index (χ3n) is 4.53. The van der Waals surface area contributed by atoms with Crippen LogP contribution in [-0.4, -0.2) is 19.8 Å². The fraction of sp³-hybridized carbons (Fsp3) is 0.667. The zero-order valence-electron chi connectivity index (χ0n) is 13.2. The summed E-state index contributed by atoms with van der Waals surface area (Å²) in [5, 5.41) is 3.71. The minimum atomic E-state index is 0.448. The number of benzene rings is 1. The summed E-state index contributed by atoms with van der Waals surface area (Å²) in [5.74, 6) is 1.27. The van der Waals surface area contributed by atoms with Crippen LogP contribution in [-0.2, 0) is 4.74 Å². The molecule has 1 aliphatic heterocycles. The number of rotatable bonds is 7. The molecule has 0 saturated carbocycles. The Balaban J connectivity index is 2.10. The molecule has 1 N–H and O–H groups in total. The van der Waals surface area contributed by atoms with E-state index in [0.717, 1.165) is 19.8 Å². The van der Waals surface area contributed by atoms with E-state index in [9.17, 15) is 0 Å². The van der Waals surface area contributed by atoms with E-state index in [1.807, 2.05) is 0 Å². The molecular formula is C18H29NO. The first-order chi connectivity index (χ1) is 9.76. The van der Waals surface area contributed by atoms with Gasteiger partial charge in [0.1, 0.15) is 0 Å². The molecule has 2 rings (SSSR count). The van der Waals surface area contributed by atoms with E-state index in [0.29, 0.717) is 17.9 Å². The lowest BCUT2D eigenvalue weighted by Crippen LogP contribution is -2.29. The SMILES string of the molecule is CCCNC(c1ccc(C(C)CC)cc1)C1CCOC1. The zero-order chi connectivity index (χ0) is 14.4. The Morgan fingerprint density at radius 1 is 1.20 bits per heavy atom. The van der Waals surface area contributed by atoms with Crippen molar-refractivity contribution in [2.24, 2.45) is 5.92 Å². The Bertz CT molecular complexity index is 381. The molecule has 0 aromatic heterocycles. The summed E-state index contributed by atoms with van der Waals surface area (Å²) in [6, 6.07) is 9.68. The maximum Gasteiger partial charge on any atom is 0.0513 e. The standard InChI is InChI=1S/C18H29NO/c1-4-11-19-18(17-10-12-20-13-17)16-8-6-15(7-9-16)14(3)5-2/h6-9,14,17-19H,4-5,10-13H2,1-3H3. The number of hydrogen-bond donors (Lipinski definition) is 1. The van der Waals surface area contributed by atoms with Crippen LogP contribution < -0.4 is 5.32 Å². The fourth-order valence-electron chi connectivity index (χ4n) is 2.94. The summed E-state index contributed by atoms with van der Waals surface area (Å²) in [7, 11) is 0. The van der Waals surface area contributed by atoms with Crippen molar-refractivity contribution in [2.75, 3.05) is 19.8 Å². The van der Waals surface area contributed by atoms with Crippen molar-refractivity contribution >= 4 is 0 Å². The highest BCUT2D eigenvalue weighted by molar-refractivity contribution is 5.27. The minimum absolute atomic E-state index is 0.448. The van der Waals surface area contributed by atoms with Gasteiger partial charge < -0.3 is 10.1 Å². The second-order valence-corrected chi connectivity index (χ2v) is 6.03. The van der Waals surface area contributed by atoms with Gasteiger partial charge in [-0.05, 0) is 42.9 Å². The first-order valence-corrected chi connectivity index (χ1v) is 8.17. The molecule has 3 atom stereocenters. The lowest BCUT2D eigenvalue weighted by molar-refractivity contribution is 0.176. The lowest BCUT2D eigenvalue weighted by atomic mass is 9.90. The van der Waals surface area contributed by atoms with Gasteiger partial charge in [-0.15, -0.1) is 0 Å². The first-order valence-electron chi connectivity index (χ1n) is 8.17. The van der Waals surface area contributed by atoms with E-state index >= 15 is 0 Å². The Morgan fingerprint density at radius 3 is 2.45 bits per heavy atom. The summed E-state index contributed by atoms with van der Waals surface area (Å²) >= 11 is 0. The molecule has 3 unspecified atom stereocenters. The molecule has 1 aliphatic rings. The molecule has 0 amide bonds. The van der Waals surface area contributed by atoms with Crippen LogP contribution in [0.4, 0.5) is 0 Å². The van der Waals surface area contributed by atoms with Crippen molar-refractivity contribution in [3.63, 3.8) is 0 Å². The maximum atomic E-state index is 5.58. The van der Waals surface area contributed by atoms with Gasteiger partial charge in [-0.25, -0.2) is 0 Å². The van der Waals surface area contributed by atoms with Crippen molar-refractivity contribution in [1.82, 2.24) is 5.32 Å². The van der Waals surface area contributed by atoms with Gasteiger partial charge in [0, 0.05) is 18.6 Å². The van der Waals surface area contributed by atoms with Crippen LogP contribution in [0.5, 0.6) is 0 Å². The van der Waals surface area contributed by atoms with E-state index in [2.05, 4.69) is 50.4 Å². The van der Waals surface area contributed by atoms with Gasteiger partial charge in [0.25, 0.3) is 0 Å². The molecule has 2 nitrogen and oxygen atoms in total. The molecule has 1 fully saturated rings. The Hall–Kier alpha value is -0.860. The van der Waals surface area contributed by atoms with Crippen LogP contribution in [0.15, 0.2) is 24.3 Å². The molecule has 1 aromatic carbocycles. The fourth-order valence-corrected chi connectivity index (χ4v) is 2.94. The van der Waals surface area contributed by atoms with Crippen molar-refractivity contribution < 1.29 is 4.74 Å². The molecule has 2 heteroatoms. The van der Waals surface area contributed by atoms with Gasteiger partial charge in [-0.1, -0.05) is 45.0 Å². The first kappa shape index (κ1) is 15.5. The number of ether oxygens (including phenoxy) is 1. The summed E-state index contributed by atoms with van der Waals surface area (Å²) in [6.45, 7) is 9.66. The van der Waals surface area contributed by atoms with Crippen molar-refractivity contribution in [3.8, 4) is 0 Å². The van der Waals surface area contributed by atoms with Crippen molar-refractivity contribution in [3.05, 3.63) is 35.4 Å². The van der Waals surface area contributed by atoms with Crippen LogP contribution in [0.2, 0.25) is 0 Å². The van der Waals surface area contributed by atoms with E-state index in [1.54, 1.807) is 0 Å². The van der Waals surface area contributed by atoms with Crippen molar-refractivity contribution in [2.45, 2.75) is 52.0 Å². The maximum absolute atomic E-state index is 5.58. The van der Waals surface area contributed by atoms with Gasteiger partial charge in [0.15, 0.2) is 0 Å². The van der Waals surface area contributed by atoms with Gasteiger partial charge in [-0.2, -0.15) is 0 Å². The van der Waals surface area contributed by atoms with Crippen LogP contribution in [0.1, 0.15) is 63.1 Å². The highest BCUT2D eigenvalue weighted by Crippen LogP contribution is 2.30. The molecule has 1 heterocycles. The van der Waals surface area contributed by atoms with Gasteiger partial charge in [0.05, 0.1) is 6.61 Å². The Kier molecular flexibility index (Phi) is 6.06. The van der Waals surface area contributed by atoms with Crippen LogP contribution in [0.25, 0.3) is 0 Å². The second kappa shape index (κ2) is 7.80. The second-order valence-electron chi connectivity index (χ2n) is 6.03. The number of nitrogens with one attached hydrogen (secondary N) is 1. The minimum Gasteiger partial charge on any atom is -0.381 e. The number of hydrogen-bond acceptors (Lipinski definition) is 2. The summed E-state index contributed by atoms with van der Waals surface area (Å²) in [4.78, 5) is 0. The van der Waals surface area contributed by atoms with Crippen LogP contribution in [0.3, 0.4) is 0 Å². The molecule has 1 aromatic rings. The molecule has 0 radical (unpaired) electrons. The molecule has 20 heavy (non-hydrogen) atoms. The average Bonchev–Trinajstić information content (AvgIpc) is 3.01. The molecule has 1 saturated heterocycles. The largest absolute Gasteiger partial charge is 0.381 e. The van der Waals surface area contributed by atoms with E-state index in [1.165, 1.54) is 30.4 Å². The molecular weight excluding hydrogens is 246 g/mol. The molecule has 0 spiro atoms. The monoisotopic (exact) mass is 275 g/mol. The van der Waals surface area contributed by atoms with Crippen LogP contribution in [0, 0.1) is 5.92 Å². The van der Waals surface area contributed by atoms with E-state index < -0.39 is 0 Å². The smallest absolute Gasteiger partial charge is 0.0513 e. The third-order valence-corrected chi connectivity index (χ3v) is 4.53. The van der Waals surface area contributed by atoms with E-state index in [4.69, 9.17) is 4.74 Å². The average molecular weight is 275 g/mol.